The van der Waals surface area contributed by atoms with E-state index < -0.39 is 5.85 Å². The second-order valence-electron chi connectivity index (χ2n) is 4.24. The van der Waals surface area contributed by atoms with E-state index in [1.165, 1.54) is 0 Å². The van der Waals surface area contributed by atoms with Gasteiger partial charge in [0, 0.05) is 28.9 Å². The highest BCUT2D eigenvalue weighted by Crippen LogP contribution is 2.35. The normalized spacial score (nSPS) is 22.4. The molecule has 1 aromatic rings. The Morgan fingerprint density at radius 3 is 2.88 bits per heavy atom. The van der Waals surface area contributed by atoms with Crippen LogP contribution in [-0.4, -0.2) is 19.5 Å². The summed E-state index contributed by atoms with van der Waals surface area (Å²) in [5, 5.41) is 6.47. The highest BCUT2D eigenvalue weighted by Gasteiger charge is 2.36. The Kier molecular flexibility index (Phi) is 3.51. The summed E-state index contributed by atoms with van der Waals surface area (Å²) >= 11 is 3.47. The zero-order chi connectivity index (χ0) is 12.5. The van der Waals surface area contributed by atoms with Crippen LogP contribution in [0.25, 0.3) is 0 Å². The van der Waals surface area contributed by atoms with Crippen LogP contribution >= 0.6 is 15.9 Å². The Morgan fingerprint density at radius 2 is 2.24 bits per heavy atom. The van der Waals surface area contributed by atoms with Gasteiger partial charge in [0.1, 0.15) is 0 Å². The molecule has 0 aliphatic carbocycles. The molecular weight excluding hydrogens is 282 g/mol. The molecule has 0 aromatic heterocycles. The van der Waals surface area contributed by atoms with Crippen molar-refractivity contribution in [2.45, 2.75) is 25.7 Å². The molecular formula is C12H16BrN3O. The van der Waals surface area contributed by atoms with Crippen molar-refractivity contribution >= 4 is 28.0 Å². The van der Waals surface area contributed by atoms with Crippen molar-refractivity contribution in [1.29, 1.82) is 0 Å². The van der Waals surface area contributed by atoms with Gasteiger partial charge in [0.25, 0.3) is 0 Å². The van der Waals surface area contributed by atoms with Crippen LogP contribution in [0.1, 0.15) is 19.4 Å². The summed E-state index contributed by atoms with van der Waals surface area (Å²) in [5.74, 6) is -0.807. The number of nitrogens with zero attached hydrogens (tertiary/aromatic N) is 1. The van der Waals surface area contributed by atoms with Gasteiger partial charge < -0.3 is 10.1 Å². The van der Waals surface area contributed by atoms with E-state index in [0.717, 1.165) is 15.7 Å². The summed E-state index contributed by atoms with van der Waals surface area (Å²) in [7, 11) is 1.66. The lowest BCUT2D eigenvalue weighted by Gasteiger charge is -2.35. The van der Waals surface area contributed by atoms with E-state index in [-0.39, 0.29) is 6.04 Å². The van der Waals surface area contributed by atoms with E-state index in [4.69, 9.17) is 4.74 Å². The van der Waals surface area contributed by atoms with Crippen LogP contribution in [0, 0.1) is 0 Å². The van der Waals surface area contributed by atoms with Crippen molar-refractivity contribution < 1.29 is 4.74 Å². The average Bonchev–Trinajstić information content (AvgIpc) is 2.29. The summed E-state index contributed by atoms with van der Waals surface area (Å²) in [5.41, 5.74) is 1.98. The number of fused-ring (bicyclic) bond motifs is 1. The van der Waals surface area contributed by atoms with Gasteiger partial charge in [-0.2, -0.15) is 0 Å². The van der Waals surface area contributed by atoms with Gasteiger partial charge in [-0.25, -0.2) is 4.99 Å². The largest absolute Gasteiger partial charge is 0.346 e. The zero-order valence-corrected chi connectivity index (χ0v) is 11.7. The maximum Gasteiger partial charge on any atom is 0.246 e. The first-order valence-electron chi connectivity index (χ1n) is 5.50. The van der Waals surface area contributed by atoms with Crippen molar-refractivity contribution in [3.05, 3.63) is 28.2 Å². The van der Waals surface area contributed by atoms with Gasteiger partial charge in [-0.1, -0.05) is 15.9 Å². The van der Waals surface area contributed by atoms with E-state index in [1.807, 2.05) is 18.2 Å². The van der Waals surface area contributed by atoms with E-state index in [1.54, 1.807) is 13.4 Å². The van der Waals surface area contributed by atoms with Gasteiger partial charge in [-0.05, 0) is 32.0 Å². The second-order valence-corrected chi connectivity index (χ2v) is 5.16. The lowest BCUT2D eigenvalue weighted by atomic mass is 10.1. The molecule has 5 heteroatoms. The minimum atomic E-state index is -0.807. The Hall–Kier alpha value is -0.910. The summed E-state index contributed by atoms with van der Waals surface area (Å²) < 4.78 is 6.60. The van der Waals surface area contributed by atoms with Gasteiger partial charge in [-0.15, -0.1) is 0 Å². The highest BCUT2D eigenvalue weighted by atomic mass is 79.9. The Bertz CT molecular complexity index is 447. The molecule has 4 nitrogen and oxygen atoms in total. The fourth-order valence-corrected chi connectivity index (χ4v) is 2.27. The van der Waals surface area contributed by atoms with Crippen LogP contribution in [0.2, 0.25) is 0 Å². The molecule has 2 rings (SSSR count). The molecule has 0 fully saturated rings. The van der Waals surface area contributed by atoms with Gasteiger partial charge in [-0.3, -0.25) is 5.32 Å². The van der Waals surface area contributed by atoms with Crippen LogP contribution in [0.15, 0.2) is 27.7 Å². The first-order valence-corrected chi connectivity index (χ1v) is 6.30. The third kappa shape index (κ3) is 2.36. The number of methoxy groups -OCH3 is 1. The highest BCUT2D eigenvalue weighted by molar-refractivity contribution is 9.10. The van der Waals surface area contributed by atoms with Crippen LogP contribution < -0.4 is 10.6 Å². The van der Waals surface area contributed by atoms with Crippen LogP contribution in [0.4, 0.5) is 5.69 Å². The number of rotatable bonds is 3. The van der Waals surface area contributed by atoms with E-state index in [2.05, 4.69) is 45.4 Å². The van der Waals surface area contributed by atoms with Gasteiger partial charge >= 0.3 is 0 Å². The standard InChI is InChI=1S/C12H16BrN3O/c1-8(2)16-12(17-3)10-6-9(13)4-5-11(10)14-7-15-12/h4-8,16H,1-3H3,(H,14,15). The van der Waals surface area contributed by atoms with E-state index >= 15 is 0 Å². The Morgan fingerprint density at radius 1 is 1.47 bits per heavy atom. The van der Waals surface area contributed by atoms with E-state index in [9.17, 15) is 0 Å². The number of anilines is 1. The predicted molar refractivity (Wildman–Crippen MR) is 73.2 cm³/mol. The minimum absolute atomic E-state index is 0.261. The molecule has 0 bridgehead atoms. The summed E-state index contributed by atoms with van der Waals surface area (Å²) in [6, 6.07) is 6.26. The van der Waals surface area contributed by atoms with Crippen molar-refractivity contribution in [3.63, 3.8) is 0 Å². The molecule has 1 heterocycles. The zero-order valence-electron chi connectivity index (χ0n) is 10.1. The first-order chi connectivity index (χ1) is 8.07. The molecule has 92 valence electrons. The SMILES string of the molecule is COC1(NC(C)C)N=CNc2ccc(Br)cc21. The minimum Gasteiger partial charge on any atom is -0.346 e. The molecule has 1 unspecified atom stereocenters. The topological polar surface area (TPSA) is 45.6 Å². The number of hydrogen-bond donors (Lipinski definition) is 2. The van der Waals surface area contributed by atoms with Crippen LogP contribution in [-0.2, 0) is 10.6 Å². The average molecular weight is 298 g/mol. The quantitative estimate of drug-likeness (QED) is 0.843. The molecule has 0 saturated heterocycles. The summed E-state index contributed by atoms with van der Waals surface area (Å²) in [4.78, 5) is 4.41. The smallest absolute Gasteiger partial charge is 0.246 e. The lowest BCUT2D eigenvalue weighted by Crippen LogP contribution is -2.48. The van der Waals surface area contributed by atoms with Crippen molar-refractivity contribution in [3.8, 4) is 0 Å². The molecule has 2 N–H and O–H groups in total. The first kappa shape index (κ1) is 12.5. The third-order valence-electron chi connectivity index (χ3n) is 2.59. The maximum atomic E-state index is 5.60. The maximum absolute atomic E-state index is 5.60. The molecule has 1 aliphatic heterocycles. The fraction of sp³-hybridized carbons (Fsp3) is 0.417. The molecule has 1 aliphatic rings. The molecule has 0 saturated carbocycles. The van der Waals surface area contributed by atoms with E-state index in [0.29, 0.717) is 0 Å². The molecule has 1 atom stereocenters. The number of nitrogens with one attached hydrogen (secondary N) is 2. The monoisotopic (exact) mass is 297 g/mol. The van der Waals surface area contributed by atoms with Gasteiger partial charge in [0.05, 0.1) is 6.34 Å². The predicted octanol–water partition coefficient (Wildman–Crippen LogP) is 2.66. The van der Waals surface area contributed by atoms with Crippen molar-refractivity contribution in [2.75, 3.05) is 12.4 Å². The number of aliphatic imine (C=N–C) groups is 1. The van der Waals surface area contributed by atoms with Gasteiger partial charge in [0.2, 0.25) is 5.85 Å². The molecule has 0 radical (unpaired) electrons. The van der Waals surface area contributed by atoms with Gasteiger partial charge in [0.15, 0.2) is 0 Å². The van der Waals surface area contributed by atoms with Crippen molar-refractivity contribution in [2.24, 2.45) is 4.99 Å². The fourth-order valence-electron chi connectivity index (χ4n) is 1.91. The number of halogens is 1. The molecule has 17 heavy (non-hydrogen) atoms. The number of hydrogen-bond acceptors (Lipinski definition) is 4. The third-order valence-corrected chi connectivity index (χ3v) is 3.09. The van der Waals surface area contributed by atoms with Crippen molar-refractivity contribution in [1.82, 2.24) is 5.32 Å². The molecule has 0 spiro atoms. The molecule has 1 aromatic carbocycles. The Labute approximate surface area is 110 Å². The summed E-state index contributed by atoms with van der Waals surface area (Å²) in [6.07, 6.45) is 1.66. The molecule has 0 amide bonds. The van der Waals surface area contributed by atoms with Crippen LogP contribution in [0.5, 0.6) is 0 Å². The Balaban J connectivity index is 2.50. The van der Waals surface area contributed by atoms with Crippen LogP contribution in [0.3, 0.4) is 0 Å². The number of ether oxygens (including phenoxy) is 1. The second kappa shape index (κ2) is 4.76. The lowest BCUT2D eigenvalue weighted by molar-refractivity contribution is -0.0435. The summed E-state index contributed by atoms with van der Waals surface area (Å²) in [6.45, 7) is 4.13. The number of benzene rings is 1.